The number of hydrogen-bond acceptors (Lipinski definition) is 7. The summed E-state index contributed by atoms with van der Waals surface area (Å²) in [6.45, 7) is 1.30. The predicted molar refractivity (Wildman–Crippen MR) is 133 cm³/mol. The zero-order chi connectivity index (χ0) is 25.0. The van der Waals surface area contributed by atoms with E-state index in [1.807, 2.05) is 42.5 Å². The molecule has 8 heteroatoms. The first kappa shape index (κ1) is 21.9. The van der Waals surface area contributed by atoms with Gasteiger partial charge in [0, 0.05) is 18.7 Å². The number of imide groups is 1. The number of rotatable bonds is 4. The Hall–Kier alpha value is -4.59. The Morgan fingerprint density at radius 2 is 1.61 bits per heavy atom. The third-order valence-corrected chi connectivity index (χ3v) is 6.95. The molecule has 3 aliphatic heterocycles. The van der Waals surface area contributed by atoms with E-state index in [1.165, 1.54) is 24.0 Å². The van der Waals surface area contributed by atoms with Crippen LogP contribution >= 0.6 is 0 Å². The quantitative estimate of drug-likeness (QED) is 0.246. The van der Waals surface area contributed by atoms with Gasteiger partial charge < -0.3 is 4.74 Å². The number of carbonyl (C=O) groups is 4. The second-order valence-corrected chi connectivity index (χ2v) is 9.04. The molecule has 8 nitrogen and oxygen atoms in total. The minimum atomic E-state index is -0.942. The van der Waals surface area contributed by atoms with Crippen LogP contribution in [-0.2, 0) is 14.4 Å². The van der Waals surface area contributed by atoms with Crippen LogP contribution in [0.2, 0.25) is 0 Å². The highest BCUT2D eigenvalue weighted by Gasteiger charge is 2.64. The number of hydrogen-bond donors (Lipinski definition) is 0. The smallest absolute Gasteiger partial charge is 0.308 e. The Morgan fingerprint density at radius 1 is 0.889 bits per heavy atom. The number of esters is 1. The van der Waals surface area contributed by atoms with Crippen molar-refractivity contribution in [2.45, 2.75) is 19.0 Å². The van der Waals surface area contributed by atoms with Crippen molar-refractivity contribution >= 4 is 46.2 Å². The van der Waals surface area contributed by atoms with Gasteiger partial charge in [-0.05, 0) is 53.2 Å². The van der Waals surface area contributed by atoms with Gasteiger partial charge in [0.15, 0.2) is 5.78 Å². The first-order valence-electron chi connectivity index (χ1n) is 11.6. The van der Waals surface area contributed by atoms with Crippen molar-refractivity contribution in [3.05, 3.63) is 84.4 Å². The van der Waals surface area contributed by atoms with Crippen LogP contribution < -0.4 is 9.64 Å². The van der Waals surface area contributed by atoms with Crippen molar-refractivity contribution in [1.82, 2.24) is 5.01 Å². The van der Waals surface area contributed by atoms with Gasteiger partial charge in [-0.2, -0.15) is 5.10 Å². The maximum absolute atomic E-state index is 13.8. The standard InChI is InChI=1S/C28H21N3O5/c1-16(32)36-21-12-9-18(10-13-21)26(33)25-24-23(22-7-4-14-29-31(22)25)27(34)30(28(24)35)20-11-8-17-5-2-3-6-19(17)15-20/h2-15,22-25H,1H3/t22-,23+,24+,25-/m0/s1. The Bertz CT molecular complexity index is 1490. The van der Waals surface area contributed by atoms with Gasteiger partial charge in [-0.25, -0.2) is 4.90 Å². The number of carbonyl (C=O) groups excluding carboxylic acids is 4. The summed E-state index contributed by atoms with van der Waals surface area (Å²) in [6.07, 6.45) is 5.10. The fourth-order valence-corrected chi connectivity index (χ4v) is 5.43. The number of Topliss-reactive ketones (excluding diaryl/α,β-unsaturated/α-hetero) is 1. The zero-order valence-electron chi connectivity index (χ0n) is 19.3. The summed E-state index contributed by atoms with van der Waals surface area (Å²) < 4.78 is 5.06. The number of benzene rings is 3. The average Bonchev–Trinajstić information content (AvgIpc) is 3.36. The number of fused-ring (bicyclic) bond motifs is 4. The number of amides is 2. The molecule has 2 fully saturated rings. The first-order valence-corrected chi connectivity index (χ1v) is 11.6. The van der Waals surface area contributed by atoms with Crippen LogP contribution in [0.5, 0.6) is 5.75 Å². The molecule has 0 bridgehead atoms. The summed E-state index contributed by atoms with van der Waals surface area (Å²) in [5.74, 6) is -2.83. The second kappa shape index (κ2) is 8.27. The number of ether oxygens (including phenoxy) is 1. The van der Waals surface area contributed by atoms with Gasteiger partial charge in [-0.3, -0.25) is 24.2 Å². The maximum Gasteiger partial charge on any atom is 0.308 e. The largest absolute Gasteiger partial charge is 0.427 e. The predicted octanol–water partition coefficient (Wildman–Crippen LogP) is 3.36. The van der Waals surface area contributed by atoms with E-state index in [1.54, 1.807) is 35.5 Å². The van der Waals surface area contributed by atoms with Crippen LogP contribution in [0, 0.1) is 11.8 Å². The molecule has 36 heavy (non-hydrogen) atoms. The fraction of sp³-hybridized carbons (Fsp3) is 0.179. The van der Waals surface area contributed by atoms with E-state index in [2.05, 4.69) is 5.10 Å². The van der Waals surface area contributed by atoms with Gasteiger partial charge in [-0.1, -0.05) is 36.4 Å². The number of anilines is 1. The molecule has 0 radical (unpaired) electrons. The van der Waals surface area contributed by atoms with Crippen LogP contribution in [0.25, 0.3) is 10.8 Å². The van der Waals surface area contributed by atoms with E-state index in [9.17, 15) is 19.2 Å². The third-order valence-electron chi connectivity index (χ3n) is 6.95. The Morgan fingerprint density at radius 3 is 2.36 bits per heavy atom. The Balaban J connectivity index is 1.38. The molecule has 0 unspecified atom stereocenters. The van der Waals surface area contributed by atoms with Gasteiger partial charge in [0.2, 0.25) is 11.8 Å². The van der Waals surface area contributed by atoms with Gasteiger partial charge in [0.25, 0.3) is 0 Å². The maximum atomic E-state index is 13.8. The molecule has 6 rings (SSSR count). The van der Waals surface area contributed by atoms with Crippen molar-refractivity contribution in [2.75, 3.05) is 4.90 Å². The molecular formula is C28H21N3O5. The molecule has 3 aromatic rings. The molecule has 0 aliphatic carbocycles. The fourth-order valence-electron chi connectivity index (χ4n) is 5.43. The molecule has 0 saturated carbocycles. The van der Waals surface area contributed by atoms with E-state index in [4.69, 9.17) is 4.74 Å². The molecule has 0 aromatic heterocycles. The highest BCUT2D eigenvalue weighted by atomic mass is 16.5. The van der Waals surface area contributed by atoms with E-state index in [0.717, 1.165) is 10.8 Å². The van der Waals surface area contributed by atoms with Gasteiger partial charge in [0.05, 0.1) is 23.6 Å². The van der Waals surface area contributed by atoms with Gasteiger partial charge >= 0.3 is 5.97 Å². The van der Waals surface area contributed by atoms with E-state index in [-0.39, 0.29) is 11.7 Å². The minimum absolute atomic E-state index is 0.315. The van der Waals surface area contributed by atoms with E-state index in [0.29, 0.717) is 17.0 Å². The molecule has 3 aliphatic rings. The Kier molecular flexibility index (Phi) is 5.03. The number of ketones is 1. The van der Waals surface area contributed by atoms with Crippen molar-refractivity contribution in [2.24, 2.45) is 16.9 Å². The highest BCUT2D eigenvalue weighted by molar-refractivity contribution is 6.25. The summed E-state index contributed by atoms with van der Waals surface area (Å²) in [5.41, 5.74) is 0.828. The molecule has 0 spiro atoms. The summed E-state index contributed by atoms with van der Waals surface area (Å²) in [4.78, 5) is 53.6. The molecule has 0 N–H and O–H groups in total. The number of nitrogens with zero attached hydrogens (tertiary/aromatic N) is 3. The molecule has 3 heterocycles. The molecular weight excluding hydrogens is 458 g/mol. The monoisotopic (exact) mass is 479 g/mol. The minimum Gasteiger partial charge on any atom is -0.427 e. The van der Waals surface area contributed by atoms with Crippen LogP contribution in [0.4, 0.5) is 5.69 Å². The SMILES string of the molecule is CC(=O)Oc1ccc(C(=O)[C@@H]2[C@@H]3C(=O)N(c4ccc5ccccc5c4)C(=O)[C@@H]3[C@@H]3C=CC=NN23)cc1. The van der Waals surface area contributed by atoms with Gasteiger partial charge in [-0.15, -0.1) is 0 Å². The molecule has 2 saturated heterocycles. The van der Waals surface area contributed by atoms with Crippen molar-refractivity contribution in [1.29, 1.82) is 0 Å². The van der Waals surface area contributed by atoms with Crippen LogP contribution in [-0.4, -0.2) is 46.9 Å². The van der Waals surface area contributed by atoms with Crippen LogP contribution in [0.15, 0.2) is 84.0 Å². The molecule has 2 amide bonds. The lowest BCUT2D eigenvalue weighted by molar-refractivity contribution is -0.132. The topological polar surface area (TPSA) is 96.3 Å². The summed E-state index contributed by atoms with van der Waals surface area (Å²) in [6, 6.07) is 17.9. The summed E-state index contributed by atoms with van der Waals surface area (Å²) in [5, 5.41) is 7.86. The summed E-state index contributed by atoms with van der Waals surface area (Å²) >= 11 is 0. The lowest BCUT2D eigenvalue weighted by Crippen LogP contribution is -2.46. The van der Waals surface area contributed by atoms with E-state index < -0.39 is 35.8 Å². The first-order chi connectivity index (χ1) is 17.4. The zero-order valence-corrected chi connectivity index (χ0v) is 19.3. The second-order valence-electron chi connectivity index (χ2n) is 9.04. The van der Waals surface area contributed by atoms with Crippen LogP contribution in [0.1, 0.15) is 17.3 Å². The molecule has 178 valence electrons. The molecule has 4 atom stereocenters. The number of hydrazone groups is 1. The van der Waals surface area contributed by atoms with Crippen LogP contribution in [0.3, 0.4) is 0 Å². The normalized spacial score (nSPS) is 24.2. The Labute approximate surface area is 206 Å². The average molecular weight is 479 g/mol. The summed E-state index contributed by atoms with van der Waals surface area (Å²) in [7, 11) is 0. The van der Waals surface area contributed by atoms with Gasteiger partial charge in [0.1, 0.15) is 11.8 Å². The van der Waals surface area contributed by atoms with Crippen molar-refractivity contribution < 1.29 is 23.9 Å². The van der Waals surface area contributed by atoms with E-state index >= 15 is 0 Å². The highest BCUT2D eigenvalue weighted by Crippen LogP contribution is 2.46. The molecule has 3 aromatic carbocycles. The third kappa shape index (κ3) is 3.33. The van der Waals surface area contributed by atoms with Crippen molar-refractivity contribution in [3.63, 3.8) is 0 Å². The lowest BCUT2D eigenvalue weighted by Gasteiger charge is -2.30. The number of allylic oxidation sites excluding steroid dienone is 1. The lowest BCUT2D eigenvalue weighted by atomic mass is 9.86. The van der Waals surface area contributed by atoms with Crippen molar-refractivity contribution in [3.8, 4) is 5.75 Å².